The van der Waals surface area contributed by atoms with Crippen LogP contribution in [0.2, 0.25) is 5.02 Å². The SMILES string of the molecule is CC(C)(C)OC(=O)N1CCN(c2ccncc2NC(=O)c2cccc(N3Cc4cc(Cl)ccc4C3=O)n2)CC1. The molecule has 0 saturated carbocycles. The van der Waals surface area contributed by atoms with Crippen LogP contribution in [-0.4, -0.2) is 64.6 Å². The Kier molecular flexibility index (Phi) is 7.14. The average molecular weight is 549 g/mol. The number of hydrogen-bond acceptors (Lipinski definition) is 7. The summed E-state index contributed by atoms with van der Waals surface area (Å²) in [6, 6.07) is 12.0. The Bertz CT molecular complexity index is 1430. The minimum Gasteiger partial charge on any atom is -0.444 e. The van der Waals surface area contributed by atoms with Gasteiger partial charge in [-0.15, -0.1) is 0 Å². The first-order chi connectivity index (χ1) is 18.6. The van der Waals surface area contributed by atoms with E-state index in [0.717, 1.165) is 11.3 Å². The van der Waals surface area contributed by atoms with E-state index >= 15 is 0 Å². The molecule has 3 aromatic rings. The topological polar surface area (TPSA) is 108 Å². The van der Waals surface area contributed by atoms with Gasteiger partial charge in [-0.05, 0) is 62.7 Å². The fraction of sp³-hybridized carbons (Fsp3) is 0.321. The van der Waals surface area contributed by atoms with E-state index in [9.17, 15) is 14.4 Å². The van der Waals surface area contributed by atoms with Crippen LogP contribution in [0.1, 0.15) is 47.2 Å². The molecule has 0 atom stereocenters. The predicted octanol–water partition coefficient (Wildman–Crippen LogP) is 4.60. The molecule has 39 heavy (non-hydrogen) atoms. The van der Waals surface area contributed by atoms with Crippen LogP contribution in [0.5, 0.6) is 0 Å². The average Bonchev–Trinajstić information content (AvgIpc) is 3.23. The first-order valence-corrected chi connectivity index (χ1v) is 13.0. The summed E-state index contributed by atoms with van der Waals surface area (Å²) < 4.78 is 5.48. The highest BCUT2D eigenvalue weighted by molar-refractivity contribution is 6.31. The first kappa shape index (κ1) is 26.4. The van der Waals surface area contributed by atoms with E-state index in [2.05, 4.69) is 20.2 Å². The van der Waals surface area contributed by atoms with Gasteiger partial charge in [0.25, 0.3) is 11.8 Å². The maximum Gasteiger partial charge on any atom is 0.410 e. The van der Waals surface area contributed by atoms with E-state index < -0.39 is 11.5 Å². The molecule has 0 aliphatic carbocycles. The number of carbonyl (C=O) groups is 3. The number of nitrogens with zero attached hydrogens (tertiary/aromatic N) is 5. The van der Waals surface area contributed by atoms with Crippen molar-refractivity contribution < 1.29 is 19.1 Å². The number of nitrogens with one attached hydrogen (secondary N) is 1. The van der Waals surface area contributed by atoms with Gasteiger partial charge in [-0.25, -0.2) is 9.78 Å². The number of anilines is 3. The molecule has 1 saturated heterocycles. The lowest BCUT2D eigenvalue weighted by Gasteiger charge is -2.37. The van der Waals surface area contributed by atoms with Crippen molar-refractivity contribution in [3.05, 3.63) is 76.7 Å². The fourth-order valence-electron chi connectivity index (χ4n) is 4.58. The molecule has 5 rings (SSSR count). The maximum atomic E-state index is 13.2. The van der Waals surface area contributed by atoms with Crippen LogP contribution in [0.3, 0.4) is 0 Å². The normalized spacial score (nSPS) is 15.3. The van der Waals surface area contributed by atoms with Crippen molar-refractivity contribution in [3.8, 4) is 0 Å². The Labute approximate surface area is 231 Å². The monoisotopic (exact) mass is 548 g/mol. The number of hydrogen-bond donors (Lipinski definition) is 1. The Morgan fingerprint density at radius 1 is 1.05 bits per heavy atom. The third-order valence-corrected chi connectivity index (χ3v) is 6.67. The molecule has 0 spiro atoms. The summed E-state index contributed by atoms with van der Waals surface area (Å²) in [6.45, 7) is 7.98. The smallest absolute Gasteiger partial charge is 0.410 e. The van der Waals surface area contributed by atoms with E-state index in [0.29, 0.717) is 54.8 Å². The predicted molar refractivity (Wildman–Crippen MR) is 148 cm³/mol. The molecule has 2 aromatic heterocycles. The summed E-state index contributed by atoms with van der Waals surface area (Å²) in [6.07, 6.45) is 2.91. The number of amides is 3. The number of carbonyl (C=O) groups excluding carboxylic acids is 3. The molecule has 0 bridgehead atoms. The van der Waals surface area contributed by atoms with E-state index in [1.807, 2.05) is 26.8 Å². The van der Waals surface area contributed by atoms with E-state index in [4.69, 9.17) is 16.3 Å². The minimum atomic E-state index is -0.554. The molecule has 1 fully saturated rings. The van der Waals surface area contributed by atoms with Crippen molar-refractivity contribution >= 4 is 46.7 Å². The van der Waals surface area contributed by atoms with Gasteiger partial charge in [-0.3, -0.25) is 19.5 Å². The molecule has 1 aromatic carbocycles. The zero-order valence-corrected chi connectivity index (χ0v) is 22.7. The number of ether oxygens (including phenoxy) is 1. The van der Waals surface area contributed by atoms with Crippen molar-refractivity contribution in [2.24, 2.45) is 0 Å². The van der Waals surface area contributed by atoms with Gasteiger partial charge in [-0.2, -0.15) is 0 Å². The van der Waals surface area contributed by atoms with Gasteiger partial charge in [0, 0.05) is 43.0 Å². The Morgan fingerprint density at radius 2 is 1.82 bits per heavy atom. The molecular weight excluding hydrogens is 520 g/mol. The van der Waals surface area contributed by atoms with Gasteiger partial charge in [0.15, 0.2) is 0 Å². The van der Waals surface area contributed by atoms with Crippen molar-refractivity contribution in [1.82, 2.24) is 14.9 Å². The molecule has 0 unspecified atom stereocenters. The Hall–Kier alpha value is -4.18. The second-order valence-corrected chi connectivity index (χ2v) is 10.8. The number of aromatic nitrogens is 2. The van der Waals surface area contributed by atoms with Gasteiger partial charge >= 0.3 is 6.09 Å². The highest BCUT2D eigenvalue weighted by Gasteiger charge is 2.30. The summed E-state index contributed by atoms with van der Waals surface area (Å²) in [5.74, 6) is -0.234. The third kappa shape index (κ3) is 5.80. The molecule has 10 nitrogen and oxygen atoms in total. The summed E-state index contributed by atoms with van der Waals surface area (Å²) in [5, 5.41) is 3.47. The van der Waals surface area contributed by atoms with Crippen LogP contribution >= 0.6 is 11.6 Å². The number of piperazine rings is 1. The van der Waals surface area contributed by atoms with Crippen LogP contribution in [0.25, 0.3) is 0 Å². The highest BCUT2D eigenvalue weighted by Crippen LogP contribution is 2.30. The fourth-order valence-corrected chi connectivity index (χ4v) is 4.77. The standard InChI is InChI=1S/C28H29ClN6O4/c1-28(2,3)39-27(38)34-13-11-33(12-14-34)23-9-10-30-16-22(23)32-25(36)21-5-4-6-24(31-21)35-17-18-15-19(29)7-8-20(18)26(35)37/h4-10,15-16H,11-14,17H2,1-3H3,(H,32,36). The van der Waals surface area contributed by atoms with Crippen molar-refractivity contribution in [2.45, 2.75) is 32.9 Å². The van der Waals surface area contributed by atoms with Gasteiger partial charge in [0.05, 0.1) is 24.1 Å². The van der Waals surface area contributed by atoms with Crippen molar-refractivity contribution in [1.29, 1.82) is 0 Å². The molecule has 1 N–H and O–H groups in total. The molecule has 2 aliphatic heterocycles. The summed E-state index contributed by atoms with van der Waals surface area (Å²) in [4.78, 5) is 52.5. The van der Waals surface area contributed by atoms with Gasteiger partial charge in [0.1, 0.15) is 17.1 Å². The zero-order valence-electron chi connectivity index (χ0n) is 22.0. The molecular formula is C28H29ClN6O4. The van der Waals surface area contributed by atoms with Gasteiger partial charge < -0.3 is 19.9 Å². The third-order valence-electron chi connectivity index (χ3n) is 6.43. The van der Waals surface area contributed by atoms with E-state index in [1.54, 1.807) is 53.7 Å². The Balaban J connectivity index is 1.27. The number of halogens is 1. The Morgan fingerprint density at radius 3 is 2.56 bits per heavy atom. The summed E-state index contributed by atoms with van der Waals surface area (Å²) in [7, 11) is 0. The second-order valence-electron chi connectivity index (χ2n) is 10.4. The molecule has 4 heterocycles. The number of pyridine rings is 2. The first-order valence-electron chi connectivity index (χ1n) is 12.6. The van der Waals surface area contributed by atoms with Crippen LogP contribution < -0.4 is 15.1 Å². The minimum absolute atomic E-state index is 0.166. The van der Waals surface area contributed by atoms with Crippen molar-refractivity contribution in [3.63, 3.8) is 0 Å². The molecule has 3 amide bonds. The second kappa shape index (κ2) is 10.5. The number of fused-ring (bicyclic) bond motifs is 1. The largest absolute Gasteiger partial charge is 0.444 e. The van der Waals surface area contributed by atoms with Crippen LogP contribution in [0, 0.1) is 0 Å². The van der Waals surface area contributed by atoms with E-state index in [-0.39, 0.29) is 17.7 Å². The molecule has 11 heteroatoms. The van der Waals surface area contributed by atoms with Gasteiger partial charge in [-0.1, -0.05) is 17.7 Å². The van der Waals surface area contributed by atoms with Crippen LogP contribution in [0.4, 0.5) is 22.0 Å². The lowest BCUT2D eigenvalue weighted by Crippen LogP contribution is -2.50. The van der Waals surface area contributed by atoms with Crippen LogP contribution in [-0.2, 0) is 11.3 Å². The number of rotatable bonds is 4. The molecule has 202 valence electrons. The molecule has 2 aliphatic rings. The van der Waals surface area contributed by atoms with Crippen molar-refractivity contribution in [2.75, 3.05) is 41.3 Å². The maximum absolute atomic E-state index is 13.2. The number of benzene rings is 1. The highest BCUT2D eigenvalue weighted by atomic mass is 35.5. The summed E-state index contributed by atoms with van der Waals surface area (Å²) in [5.41, 5.74) is 2.32. The molecule has 0 radical (unpaired) electrons. The lowest BCUT2D eigenvalue weighted by molar-refractivity contribution is 0.0240. The summed E-state index contributed by atoms with van der Waals surface area (Å²) >= 11 is 6.09. The lowest BCUT2D eigenvalue weighted by atomic mass is 10.1. The quantitative estimate of drug-likeness (QED) is 0.507. The van der Waals surface area contributed by atoms with Gasteiger partial charge in [0.2, 0.25) is 0 Å². The van der Waals surface area contributed by atoms with E-state index in [1.165, 1.54) is 4.90 Å². The van der Waals surface area contributed by atoms with Crippen LogP contribution in [0.15, 0.2) is 54.9 Å². The zero-order chi connectivity index (χ0) is 27.7.